The van der Waals surface area contributed by atoms with E-state index in [2.05, 4.69) is 18.5 Å². The lowest BCUT2D eigenvalue weighted by Gasteiger charge is -2.06. The fourth-order valence-electron chi connectivity index (χ4n) is 1.29. The van der Waals surface area contributed by atoms with E-state index < -0.39 is 5.43 Å². The Morgan fingerprint density at radius 1 is 1.58 bits per heavy atom. The Kier molecular flexibility index (Phi) is 7.20. The first kappa shape index (κ1) is 11.7. The summed E-state index contributed by atoms with van der Waals surface area (Å²) in [5.41, 5.74) is -1.36. The van der Waals surface area contributed by atoms with Crippen LogP contribution in [0.2, 0.25) is 0 Å². The van der Waals surface area contributed by atoms with Gasteiger partial charge in [0.05, 0.1) is 6.10 Å². The molecule has 1 aliphatic rings. The van der Waals surface area contributed by atoms with Crippen LogP contribution >= 0.6 is 11.6 Å². The Bertz CT molecular complexity index is 117. The zero-order valence-corrected chi connectivity index (χ0v) is 8.01. The molecular formula is C8H15ClO3. The number of ether oxygens (including phenoxy) is 1. The van der Waals surface area contributed by atoms with Crippen LogP contribution in [0.25, 0.3) is 0 Å². The molecule has 0 aromatic rings. The fourth-order valence-corrected chi connectivity index (χ4v) is 1.29. The van der Waals surface area contributed by atoms with Gasteiger partial charge in [-0.2, -0.15) is 0 Å². The second-order valence-corrected chi connectivity index (χ2v) is 2.94. The van der Waals surface area contributed by atoms with Gasteiger partial charge in [0, 0.05) is 18.2 Å². The highest BCUT2D eigenvalue weighted by molar-refractivity contribution is 6.60. The molecule has 1 N–H and O–H groups in total. The molecule has 0 aliphatic heterocycles. The number of rotatable bonds is 2. The molecule has 0 atom stereocenters. The molecular weight excluding hydrogens is 180 g/mol. The summed E-state index contributed by atoms with van der Waals surface area (Å²) < 4.78 is 5.40. The van der Waals surface area contributed by atoms with Crippen molar-refractivity contribution in [3.05, 3.63) is 0 Å². The van der Waals surface area contributed by atoms with Gasteiger partial charge >= 0.3 is 5.43 Å². The van der Waals surface area contributed by atoms with Crippen LogP contribution in [0.5, 0.6) is 0 Å². The summed E-state index contributed by atoms with van der Waals surface area (Å²) >= 11 is 4.19. The molecule has 3 nitrogen and oxygen atoms in total. The van der Waals surface area contributed by atoms with Gasteiger partial charge in [-0.3, -0.25) is 0 Å². The lowest BCUT2D eigenvalue weighted by molar-refractivity contribution is 0.0685. The molecule has 72 valence electrons. The van der Waals surface area contributed by atoms with Crippen LogP contribution < -0.4 is 0 Å². The Labute approximate surface area is 77.7 Å². The third kappa shape index (κ3) is 7.82. The van der Waals surface area contributed by atoms with Crippen molar-refractivity contribution in [2.45, 2.75) is 38.7 Å². The summed E-state index contributed by atoms with van der Waals surface area (Å²) in [5, 5.41) is 7.18. The van der Waals surface area contributed by atoms with Gasteiger partial charge in [0.15, 0.2) is 0 Å². The second-order valence-electron chi connectivity index (χ2n) is 2.61. The minimum Gasteiger partial charge on any atom is -0.469 e. The van der Waals surface area contributed by atoms with Crippen molar-refractivity contribution in [1.29, 1.82) is 0 Å². The third-order valence-corrected chi connectivity index (χ3v) is 1.70. The van der Waals surface area contributed by atoms with Gasteiger partial charge in [-0.25, -0.2) is 4.79 Å². The molecule has 0 spiro atoms. The lowest BCUT2D eigenvalue weighted by atomic mass is 10.3. The van der Waals surface area contributed by atoms with Crippen LogP contribution in [0.1, 0.15) is 32.6 Å². The molecule has 0 radical (unpaired) electrons. The highest BCUT2D eigenvalue weighted by atomic mass is 35.5. The molecule has 1 rings (SSSR count). The largest absolute Gasteiger partial charge is 0.469 e. The van der Waals surface area contributed by atoms with Crippen molar-refractivity contribution < 1.29 is 14.6 Å². The maximum atomic E-state index is 8.77. The molecule has 0 saturated heterocycles. The van der Waals surface area contributed by atoms with E-state index in [1.807, 2.05) is 0 Å². The van der Waals surface area contributed by atoms with Gasteiger partial charge in [-0.05, 0) is 19.8 Å². The first-order valence-electron chi connectivity index (χ1n) is 4.16. The number of hydrogen-bond donors (Lipinski definition) is 1. The summed E-state index contributed by atoms with van der Waals surface area (Å²) in [5.74, 6) is 0. The standard InChI is InChI=1S/C7H14O.CHClO2/c1-2-8-7-5-3-4-6-7;2-1(3)4/h7H,2-6H2,1H3;(H,3,4). The normalized spacial score (nSPS) is 16.8. The Morgan fingerprint density at radius 3 is 2.33 bits per heavy atom. The van der Waals surface area contributed by atoms with E-state index >= 15 is 0 Å². The minimum atomic E-state index is -1.36. The van der Waals surface area contributed by atoms with Crippen molar-refractivity contribution in [3.8, 4) is 0 Å². The van der Waals surface area contributed by atoms with Crippen LogP contribution in [-0.4, -0.2) is 23.2 Å². The molecule has 4 heteroatoms. The predicted octanol–water partition coefficient (Wildman–Crippen LogP) is 2.87. The van der Waals surface area contributed by atoms with Crippen molar-refractivity contribution in [2.24, 2.45) is 0 Å². The molecule has 0 unspecified atom stereocenters. The SMILES string of the molecule is CCOC1CCCC1.O=C(O)Cl. The molecule has 12 heavy (non-hydrogen) atoms. The van der Waals surface area contributed by atoms with Crippen molar-refractivity contribution in [3.63, 3.8) is 0 Å². The van der Waals surface area contributed by atoms with E-state index in [1.165, 1.54) is 25.7 Å². The molecule has 0 amide bonds. The average Bonchev–Trinajstić information content (AvgIpc) is 2.39. The van der Waals surface area contributed by atoms with Gasteiger partial charge in [-0.15, -0.1) is 0 Å². The molecule has 0 aromatic carbocycles. The average molecular weight is 195 g/mol. The highest BCUT2D eigenvalue weighted by Crippen LogP contribution is 2.20. The second kappa shape index (κ2) is 7.37. The molecule has 0 aromatic heterocycles. The van der Waals surface area contributed by atoms with E-state index in [0.29, 0.717) is 6.10 Å². The molecule has 1 saturated carbocycles. The number of halogens is 1. The van der Waals surface area contributed by atoms with Gasteiger partial charge in [-0.1, -0.05) is 12.8 Å². The van der Waals surface area contributed by atoms with E-state index in [9.17, 15) is 0 Å². The summed E-state index contributed by atoms with van der Waals surface area (Å²) in [6.07, 6.45) is 5.97. The predicted molar refractivity (Wildman–Crippen MR) is 47.8 cm³/mol. The summed E-state index contributed by atoms with van der Waals surface area (Å²) in [6, 6.07) is 0. The van der Waals surface area contributed by atoms with Crippen LogP contribution in [0.3, 0.4) is 0 Å². The van der Waals surface area contributed by atoms with Crippen LogP contribution in [0, 0.1) is 0 Å². The topological polar surface area (TPSA) is 46.5 Å². The van der Waals surface area contributed by atoms with Crippen molar-refractivity contribution >= 4 is 17.0 Å². The summed E-state index contributed by atoms with van der Waals surface area (Å²) in [6.45, 7) is 2.96. The maximum Gasteiger partial charge on any atom is 0.401 e. The minimum absolute atomic E-state index is 0.611. The van der Waals surface area contributed by atoms with E-state index in [4.69, 9.17) is 14.6 Å². The fraction of sp³-hybridized carbons (Fsp3) is 0.875. The molecule has 1 aliphatic carbocycles. The molecule has 1 fully saturated rings. The number of hydrogen-bond acceptors (Lipinski definition) is 2. The first-order chi connectivity index (χ1) is 5.66. The highest BCUT2D eigenvalue weighted by Gasteiger charge is 2.13. The van der Waals surface area contributed by atoms with Crippen molar-refractivity contribution in [2.75, 3.05) is 6.61 Å². The maximum absolute atomic E-state index is 8.77. The van der Waals surface area contributed by atoms with Gasteiger partial charge in [0.2, 0.25) is 0 Å². The van der Waals surface area contributed by atoms with Crippen LogP contribution in [0.4, 0.5) is 4.79 Å². The Morgan fingerprint density at radius 2 is 2.00 bits per heavy atom. The third-order valence-electron chi connectivity index (χ3n) is 1.70. The summed E-state index contributed by atoms with van der Waals surface area (Å²) in [4.78, 5) is 8.77. The summed E-state index contributed by atoms with van der Waals surface area (Å²) in [7, 11) is 0. The van der Waals surface area contributed by atoms with Crippen molar-refractivity contribution in [1.82, 2.24) is 0 Å². The monoisotopic (exact) mass is 194 g/mol. The van der Waals surface area contributed by atoms with E-state index in [1.54, 1.807) is 0 Å². The van der Waals surface area contributed by atoms with Crippen LogP contribution in [0.15, 0.2) is 0 Å². The Hall–Kier alpha value is -0.280. The lowest BCUT2D eigenvalue weighted by Crippen LogP contribution is -2.05. The van der Waals surface area contributed by atoms with Gasteiger partial charge in [0.1, 0.15) is 0 Å². The van der Waals surface area contributed by atoms with Gasteiger partial charge < -0.3 is 9.84 Å². The quantitative estimate of drug-likeness (QED) is 0.688. The zero-order chi connectivity index (χ0) is 9.40. The first-order valence-corrected chi connectivity index (χ1v) is 4.54. The van der Waals surface area contributed by atoms with E-state index in [0.717, 1.165) is 6.61 Å². The zero-order valence-electron chi connectivity index (χ0n) is 7.25. The smallest absolute Gasteiger partial charge is 0.401 e. The van der Waals surface area contributed by atoms with Gasteiger partial charge in [0.25, 0.3) is 0 Å². The number of carbonyl (C=O) groups is 1. The molecule has 0 bridgehead atoms. The van der Waals surface area contributed by atoms with E-state index in [-0.39, 0.29) is 0 Å². The molecule has 0 heterocycles. The Balaban J connectivity index is 0.000000261. The van der Waals surface area contributed by atoms with Crippen LogP contribution in [-0.2, 0) is 4.74 Å². The number of carboxylic acid groups (broad SMARTS) is 1.